The summed E-state index contributed by atoms with van der Waals surface area (Å²) in [5.41, 5.74) is 9.04. The van der Waals surface area contributed by atoms with Gasteiger partial charge in [0, 0.05) is 17.0 Å². The molecule has 2 N–H and O–H groups in total. The molecule has 0 spiro atoms. The Morgan fingerprint density at radius 2 is 1.95 bits per heavy atom. The largest absolute Gasteiger partial charge is 0.326 e. The fraction of sp³-hybridized carbons (Fsp3) is 0.133. The molecule has 0 aliphatic heterocycles. The number of rotatable bonds is 3. The van der Waals surface area contributed by atoms with Gasteiger partial charge in [0.05, 0.1) is 10.6 Å². The maximum absolute atomic E-state index is 5.62. The quantitative estimate of drug-likeness (QED) is 0.779. The predicted octanol–water partition coefficient (Wildman–Crippen LogP) is 4.31. The summed E-state index contributed by atoms with van der Waals surface area (Å²) in [7, 11) is 0. The summed E-state index contributed by atoms with van der Waals surface area (Å²) in [6, 6.07) is 12.5. The van der Waals surface area contributed by atoms with Crippen LogP contribution >= 0.6 is 22.7 Å². The lowest BCUT2D eigenvalue weighted by molar-refractivity contribution is 1.07. The van der Waals surface area contributed by atoms with E-state index in [1.807, 2.05) is 0 Å². The van der Waals surface area contributed by atoms with Gasteiger partial charge in [-0.05, 0) is 23.9 Å². The van der Waals surface area contributed by atoms with Crippen LogP contribution in [0.1, 0.15) is 10.4 Å². The van der Waals surface area contributed by atoms with Crippen LogP contribution in [0, 0.1) is 6.92 Å². The molecule has 0 unspecified atom stereocenters. The van der Waals surface area contributed by atoms with E-state index < -0.39 is 0 Å². The van der Waals surface area contributed by atoms with E-state index in [0.29, 0.717) is 6.54 Å². The fourth-order valence-corrected chi connectivity index (χ4v) is 3.71. The Balaban J connectivity index is 1.99. The zero-order valence-electron chi connectivity index (χ0n) is 10.6. The van der Waals surface area contributed by atoms with Crippen LogP contribution in [0.3, 0.4) is 0 Å². The molecule has 96 valence electrons. The van der Waals surface area contributed by atoms with Crippen molar-refractivity contribution in [1.82, 2.24) is 4.98 Å². The Kier molecular flexibility index (Phi) is 3.46. The molecule has 1 aromatic carbocycles. The third-order valence-electron chi connectivity index (χ3n) is 2.99. The molecule has 0 bridgehead atoms. The van der Waals surface area contributed by atoms with Crippen LogP contribution in [0.15, 0.2) is 41.8 Å². The van der Waals surface area contributed by atoms with Gasteiger partial charge in [0.25, 0.3) is 0 Å². The van der Waals surface area contributed by atoms with Gasteiger partial charge in [0.15, 0.2) is 0 Å². The lowest BCUT2D eigenvalue weighted by Crippen LogP contribution is -1.95. The number of hydrogen-bond donors (Lipinski definition) is 1. The van der Waals surface area contributed by atoms with Gasteiger partial charge in [0.2, 0.25) is 0 Å². The van der Waals surface area contributed by atoms with Gasteiger partial charge in [0.1, 0.15) is 5.01 Å². The van der Waals surface area contributed by atoms with E-state index in [4.69, 9.17) is 10.7 Å². The smallest absolute Gasteiger partial charge is 0.124 e. The van der Waals surface area contributed by atoms with E-state index in [-0.39, 0.29) is 0 Å². The Bertz CT molecular complexity index is 667. The third-order valence-corrected chi connectivity index (χ3v) is 4.88. The number of thiophene rings is 1. The SMILES string of the molecule is Cc1sc(-c2ccc(CN)cc2)nc1-c1cccs1. The summed E-state index contributed by atoms with van der Waals surface area (Å²) in [4.78, 5) is 7.27. The topological polar surface area (TPSA) is 38.9 Å². The minimum Gasteiger partial charge on any atom is -0.326 e. The van der Waals surface area contributed by atoms with Crippen molar-refractivity contribution in [3.63, 3.8) is 0 Å². The molecule has 0 aliphatic rings. The second kappa shape index (κ2) is 5.25. The molecule has 0 aliphatic carbocycles. The van der Waals surface area contributed by atoms with Crippen LogP contribution in [0.4, 0.5) is 0 Å². The van der Waals surface area contributed by atoms with Crippen LogP contribution in [0.2, 0.25) is 0 Å². The van der Waals surface area contributed by atoms with Crippen molar-refractivity contribution in [2.75, 3.05) is 0 Å². The zero-order chi connectivity index (χ0) is 13.2. The van der Waals surface area contributed by atoms with E-state index >= 15 is 0 Å². The first-order chi connectivity index (χ1) is 9.28. The molecular formula is C15H14N2S2. The first-order valence-electron chi connectivity index (χ1n) is 6.08. The molecule has 0 amide bonds. The summed E-state index contributed by atoms with van der Waals surface area (Å²) < 4.78 is 0. The highest BCUT2D eigenvalue weighted by molar-refractivity contribution is 7.17. The van der Waals surface area contributed by atoms with Gasteiger partial charge in [-0.2, -0.15) is 0 Å². The third kappa shape index (κ3) is 2.47. The summed E-state index contributed by atoms with van der Waals surface area (Å²) >= 11 is 3.48. The van der Waals surface area contributed by atoms with E-state index in [2.05, 4.69) is 48.7 Å². The van der Waals surface area contributed by atoms with Crippen molar-refractivity contribution >= 4 is 22.7 Å². The lowest BCUT2D eigenvalue weighted by atomic mass is 10.1. The maximum Gasteiger partial charge on any atom is 0.124 e. The van der Waals surface area contributed by atoms with E-state index in [1.165, 1.54) is 9.75 Å². The molecule has 0 saturated heterocycles. The second-order valence-corrected chi connectivity index (χ2v) is 6.45. The molecule has 0 radical (unpaired) electrons. The Labute approximate surface area is 120 Å². The van der Waals surface area contributed by atoms with Crippen LogP contribution in [-0.4, -0.2) is 4.98 Å². The molecule has 0 atom stereocenters. The number of nitrogens with zero attached hydrogens (tertiary/aromatic N) is 1. The van der Waals surface area contributed by atoms with Crippen molar-refractivity contribution in [3.8, 4) is 21.1 Å². The van der Waals surface area contributed by atoms with Crippen LogP contribution in [-0.2, 0) is 6.54 Å². The molecular weight excluding hydrogens is 272 g/mol. The van der Waals surface area contributed by atoms with Gasteiger partial charge >= 0.3 is 0 Å². The molecule has 2 nitrogen and oxygen atoms in total. The molecule has 4 heteroatoms. The second-order valence-electron chi connectivity index (χ2n) is 4.30. The van der Waals surface area contributed by atoms with Crippen molar-refractivity contribution in [2.24, 2.45) is 5.73 Å². The standard InChI is InChI=1S/C15H14N2S2/c1-10-14(13-3-2-8-18-13)17-15(19-10)12-6-4-11(9-16)5-7-12/h2-8H,9,16H2,1H3. The molecule has 2 aromatic heterocycles. The lowest BCUT2D eigenvalue weighted by Gasteiger charge is -1.98. The van der Waals surface area contributed by atoms with Gasteiger partial charge in [-0.15, -0.1) is 22.7 Å². The Hall–Kier alpha value is -1.49. The fourth-order valence-electron chi connectivity index (χ4n) is 1.95. The highest BCUT2D eigenvalue weighted by atomic mass is 32.1. The minimum atomic E-state index is 0.581. The number of thiazole rings is 1. The molecule has 0 fully saturated rings. The van der Waals surface area contributed by atoms with E-state index in [9.17, 15) is 0 Å². The van der Waals surface area contributed by atoms with Crippen LogP contribution in [0.25, 0.3) is 21.1 Å². The van der Waals surface area contributed by atoms with Crippen LogP contribution in [0.5, 0.6) is 0 Å². The minimum absolute atomic E-state index is 0.581. The van der Waals surface area contributed by atoms with Gasteiger partial charge in [-0.25, -0.2) is 4.98 Å². The molecule has 3 rings (SSSR count). The van der Waals surface area contributed by atoms with Crippen LogP contribution < -0.4 is 5.73 Å². The van der Waals surface area contributed by atoms with Crippen molar-refractivity contribution in [1.29, 1.82) is 0 Å². The summed E-state index contributed by atoms with van der Waals surface area (Å²) in [6.45, 7) is 2.71. The predicted molar refractivity (Wildman–Crippen MR) is 83.5 cm³/mol. The summed E-state index contributed by atoms with van der Waals surface area (Å²) in [6.07, 6.45) is 0. The monoisotopic (exact) mass is 286 g/mol. The molecule has 19 heavy (non-hydrogen) atoms. The van der Waals surface area contributed by atoms with Gasteiger partial charge < -0.3 is 5.73 Å². The highest BCUT2D eigenvalue weighted by Crippen LogP contribution is 2.35. The van der Waals surface area contributed by atoms with E-state index in [0.717, 1.165) is 21.8 Å². The molecule has 3 aromatic rings. The maximum atomic E-state index is 5.62. The average molecular weight is 286 g/mol. The highest BCUT2D eigenvalue weighted by Gasteiger charge is 2.11. The van der Waals surface area contributed by atoms with Crippen molar-refractivity contribution in [2.45, 2.75) is 13.5 Å². The number of benzene rings is 1. The number of aromatic nitrogens is 1. The number of hydrogen-bond acceptors (Lipinski definition) is 4. The average Bonchev–Trinajstić information content (AvgIpc) is 3.08. The Morgan fingerprint density at radius 1 is 1.16 bits per heavy atom. The van der Waals surface area contributed by atoms with E-state index in [1.54, 1.807) is 22.7 Å². The Morgan fingerprint density at radius 3 is 2.58 bits per heavy atom. The van der Waals surface area contributed by atoms with Gasteiger partial charge in [-0.3, -0.25) is 0 Å². The summed E-state index contributed by atoms with van der Waals surface area (Å²) in [5, 5.41) is 3.16. The normalized spacial score (nSPS) is 10.8. The molecule has 2 heterocycles. The number of aryl methyl sites for hydroxylation is 1. The van der Waals surface area contributed by atoms with Gasteiger partial charge in [-0.1, -0.05) is 30.3 Å². The van der Waals surface area contributed by atoms with Crippen molar-refractivity contribution in [3.05, 3.63) is 52.2 Å². The zero-order valence-corrected chi connectivity index (χ0v) is 12.2. The molecule has 0 saturated carbocycles. The number of nitrogens with two attached hydrogens (primary N) is 1. The summed E-state index contributed by atoms with van der Waals surface area (Å²) in [5.74, 6) is 0. The first-order valence-corrected chi connectivity index (χ1v) is 7.78. The van der Waals surface area contributed by atoms with Crippen molar-refractivity contribution < 1.29 is 0 Å². The first kappa shape index (κ1) is 12.5.